The number of benzene rings is 2. The van der Waals surface area contributed by atoms with E-state index in [1.807, 2.05) is 30.3 Å². The number of esters is 3. The minimum absolute atomic E-state index is 0.0770. The molecule has 1 amide bonds. The Morgan fingerprint density at radius 1 is 1.00 bits per heavy atom. The van der Waals surface area contributed by atoms with Crippen LogP contribution in [0.5, 0.6) is 0 Å². The predicted octanol–water partition coefficient (Wildman–Crippen LogP) is 3.11. The summed E-state index contributed by atoms with van der Waals surface area (Å²) in [6.07, 6.45) is 3.25. The number of carbonyl (C=O) groups is 4. The Morgan fingerprint density at radius 2 is 1.71 bits per heavy atom. The molecule has 196 valence electrons. The van der Waals surface area contributed by atoms with Gasteiger partial charge in [0.05, 0.1) is 38.9 Å². The van der Waals surface area contributed by atoms with Gasteiger partial charge < -0.3 is 24.0 Å². The highest BCUT2D eigenvalue weighted by atomic mass is 16.5. The van der Waals surface area contributed by atoms with E-state index >= 15 is 0 Å². The van der Waals surface area contributed by atoms with Crippen molar-refractivity contribution in [2.24, 2.45) is 5.92 Å². The Bertz CT molecular complexity index is 1410. The van der Waals surface area contributed by atoms with Crippen molar-refractivity contribution < 1.29 is 33.4 Å². The lowest BCUT2D eigenvalue weighted by molar-refractivity contribution is -0.157. The Hall–Kier alpha value is -4.40. The van der Waals surface area contributed by atoms with Crippen LogP contribution in [-0.2, 0) is 38.8 Å². The van der Waals surface area contributed by atoms with Crippen molar-refractivity contribution in [1.29, 1.82) is 0 Å². The summed E-state index contributed by atoms with van der Waals surface area (Å²) in [6.45, 7) is 1.77. The summed E-state index contributed by atoms with van der Waals surface area (Å²) >= 11 is 0. The molecule has 3 aliphatic heterocycles. The number of anilines is 1. The van der Waals surface area contributed by atoms with Crippen molar-refractivity contribution in [3.05, 3.63) is 82.7 Å². The molecule has 0 saturated heterocycles. The first kappa shape index (κ1) is 25.3. The molecular weight excluding hydrogens is 488 g/mol. The van der Waals surface area contributed by atoms with E-state index in [2.05, 4.69) is 0 Å². The Labute approximate surface area is 220 Å². The molecule has 0 saturated carbocycles. The van der Waals surface area contributed by atoms with Gasteiger partial charge in [0.1, 0.15) is 11.3 Å². The first-order valence-corrected chi connectivity index (χ1v) is 12.3. The number of amides is 1. The van der Waals surface area contributed by atoms with E-state index in [4.69, 9.17) is 14.2 Å². The lowest BCUT2D eigenvalue weighted by atomic mass is 9.58. The number of hydrogen-bond acceptors (Lipinski definition) is 8. The molecule has 0 aromatic heterocycles. The highest BCUT2D eigenvalue weighted by Gasteiger charge is 2.68. The van der Waals surface area contributed by atoms with Crippen LogP contribution in [0.3, 0.4) is 0 Å². The van der Waals surface area contributed by atoms with Gasteiger partial charge in [-0.3, -0.25) is 14.4 Å². The Kier molecular flexibility index (Phi) is 6.30. The number of carbonyl (C=O) groups excluding carboxylic acids is 4. The van der Waals surface area contributed by atoms with Crippen LogP contribution >= 0.6 is 0 Å². The van der Waals surface area contributed by atoms with E-state index in [0.717, 1.165) is 11.1 Å². The second-order valence-corrected chi connectivity index (χ2v) is 9.28. The molecule has 9 heteroatoms. The average Bonchev–Trinajstić information content (AvgIpc) is 3.15. The fourth-order valence-corrected chi connectivity index (χ4v) is 6.12. The van der Waals surface area contributed by atoms with Gasteiger partial charge in [0.2, 0.25) is 5.91 Å². The molecule has 9 nitrogen and oxygen atoms in total. The molecule has 3 aliphatic rings. The third-order valence-electron chi connectivity index (χ3n) is 7.61. The van der Waals surface area contributed by atoms with Gasteiger partial charge in [-0.15, -0.1) is 0 Å². The zero-order valence-electron chi connectivity index (χ0n) is 21.6. The SMILES string of the molecule is CCOC(=O)C1[C@@H]2c3ccccc3C=CN2C(CC(=O)OC)=C(C(=O)OC)[C@@]12C(=O)N(C)c1ccccc12. The van der Waals surface area contributed by atoms with Gasteiger partial charge in [-0.05, 0) is 35.8 Å². The van der Waals surface area contributed by atoms with Crippen LogP contribution in [0, 0.1) is 5.92 Å². The van der Waals surface area contributed by atoms with E-state index < -0.39 is 41.2 Å². The molecule has 38 heavy (non-hydrogen) atoms. The second kappa shape index (κ2) is 9.48. The third-order valence-corrected chi connectivity index (χ3v) is 7.61. The molecule has 1 unspecified atom stereocenters. The van der Waals surface area contributed by atoms with E-state index in [1.165, 1.54) is 19.1 Å². The maximum Gasteiger partial charge on any atom is 0.337 e. The summed E-state index contributed by atoms with van der Waals surface area (Å²) in [7, 11) is 4.07. The molecule has 3 atom stereocenters. The summed E-state index contributed by atoms with van der Waals surface area (Å²) in [5.41, 5.74) is 0.985. The highest BCUT2D eigenvalue weighted by Crippen LogP contribution is 2.60. The minimum atomic E-state index is -1.81. The molecule has 0 radical (unpaired) electrons. The molecule has 5 rings (SSSR count). The first-order valence-electron chi connectivity index (χ1n) is 12.3. The van der Waals surface area contributed by atoms with Crippen LogP contribution < -0.4 is 4.90 Å². The molecular formula is C29H28N2O7. The van der Waals surface area contributed by atoms with Crippen LogP contribution in [-0.4, -0.2) is 56.6 Å². The van der Waals surface area contributed by atoms with Crippen molar-refractivity contribution in [1.82, 2.24) is 4.90 Å². The maximum absolute atomic E-state index is 14.5. The van der Waals surface area contributed by atoms with Crippen LogP contribution in [0.4, 0.5) is 5.69 Å². The Morgan fingerprint density at radius 3 is 2.42 bits per heavy atom. The van der Waals surface area contributed by atoms with Crippen molar-refractivity contribution in [2.45, 2.75) is 24.8 Å². The number of ether oxygens (including phenoxy) is 3. The zero-order chi connectivity index (χ0) is 27.2. The fraction of sp³-hybridized carbons (Fsp3) is 0.310. The number of methoxy groups -OCH3 is 2. The number of rotatable bonds is 5. The van der Waals surface area contributed by atoms with E-state index in [-0.39, 0.29) is 24.3 Å². The number of para-hydroxylation sites is 1. The number of nitrogens with zero attached hydrogens (tertiary/aromatic N) is 2. The first-order chi connectivity index (χ1) is 18.3. The summed E-state index contributed by atoms with van der Waals surface area (Å²) in [5.74, 6) is -3.72. The third kappa shape index (κ3) is 3.38. The molecule has 2 aromatic rings. The van der Waals surface area contributed by atoms with Crippen molar-refractivity contribution in [3.63, 3.8) is 0 Å². The molecule has 0 fully saturated rings. The summed E-state index contributed by atoms with van der Waals surface area (Å²) < 4.78 is 15.8. The van der Waals surface area contributed by atoms with Gasteiger partial charge >= 0.3 is 17.9 Å². The van der Waals surface area contributed by atoms with Crippen LogP contribution in [0.15, 0.2) is 66.0 Å². The lowest BCUT2D eigenvalue weighted by Gasteiger charge is -2.51. The van der Waals surface area contributed by atoms with Crippen LogP contribution in [0.2, 0.25) is 0 Å². The van der Waals surface area contributed by atoms with Gasteiger partial charge in [0.15, 0.2) is 0 Å². The number of likely N-dealkylation sites (N-methyl/N-ethyl adjacent to an activating group) is 1. The average molecular weight is 517 g/mol. The van der Waals surface area contributed by atoms with Crippen molar-refractivity contribution in [2.75, 3.05) is 32.8 Å². The van der Waals surface area contributed by atoms with Gasteiger partial charge in [0, 0.05) is 24.6 Å². The maximum atomic E-state index is 14.5. The standard InChI is InChI=1S/C29H28N2O7/c1-5-38-27(34)24-25-18-11-7-6-10-17(18)14-15-31(25)21(16-22(32)36-3)23(26(33)37-4)29(24)19-12-8-9-13-20(19)30(2)28(29)35/h6-15,24-25H,5,16H2,1-4H3/t24?,25-,29+/m0/s1. The predicted molar refractivity (Wildman–Crippen MR) is 137 cm³/mol. The van der Waals surface area contributed by atoms with E-state index in [0.29, 0.717) is 11.3 Å². The van der Waals surface area contributed by atoms with Gasteiger partial charge in [-0.2, -0.15) is 0 Å². The quantitative estimate of drug-likeness (QED) is 0.441. The molecule has 1 spiro atoms. The minimum Gasteiger partial charge on any atom is -0.469 e. The summed E-state index contributed by atoms with van der Waals surface area (Å²) in [5, 5.41) is 0. The summed E-state index contributed by atoms with van der Waals surface area (Å²) in [6, 6.07) is 13.8. The molecule has 3 heterocycles. The smallest absolute Gasteiger partial charge is 0.337 e. The lowest BCUT2D eigenvalue weighted by Crippen LogP contribution is -2.59. The molecule has 2 aromatic carbocycles. The summed E-state index contributed by atoms with van der Waals surface area (Å²) in [4.78, 5) is 58.1. The van der Waals surface area contributed by atoms with Gasteiger partial charge in [0.25, 0.3) is 0 Å². The van der Waals surface area contributed by atoms with E-state index in [9.17, 15) is 19.2 Å². The van der Waals surface area contributed by atoms with E-state index in [1.54, 1.807) is 49.3 Å². The topological polar surface area (TPSA) is 102 Å². The molecule has 0 aliphatic carbocycles. The zero-order valence-corrected chi connectivity index (χ0v) is 21.6. The van der Waals surface area contributed by atoms with Crippen molar-refractivity contribution in [3.8, 4) is 0 Å². The molecule has 0 N–H and O–H groups in total. The fourth-order valence-electron chi connectivity index (χ4n) is 6.12. The molecule has 0 bridgehead atoms. The Balaban J connectivity index is 1.96. The van der Waals surface area contributed by atoms with Crippen LogP contribution in [0.25, 0.3) is 6.08 Å². The normalized spacial score (nSPS) is 23.1. The van der Waals surface area contributed by atoms with Gasteiger partial charge in [-0.25, -0.2) is 4.79 Å². The van der Waals surface area contributed by atoms with Gasteiger partial charge in [-0.1, -0.05) is 42.5 Å². The van der Waals surface area contributed by atoms with Crippen LogP contribution in [0.1, 0.15) is 36.1 Å². The monoisotopic (exact) mass is 516 g/mol. The number of fused-ring (bicyclic) bond motifs is 5. The number of hydrogen-bond donors (Lipinski definition) is 0. The largest absolute Gasteiger partial charge is 0.469 e. The van der Waals surface area contributed by atoms with Crippen molar-refractivity contribution >= 4 is 35.6 Å². The second-order valence-electron chi connectivity index (χ2n) is 9.28. The highest BCUT2D eigenvalue weighted by molar-refractivity contribution is 6.18.